The van der Waals surface area contributed by atoms with E-state index in [1.165, 1.54) is 0 Å². The van der Waals surface area contributed by atoms with Crippen molar-refractivity contribution in [3.05, 3.63) is 94.7 Å². The van der Waals surface area contributed by atoms with E-state index in [0.29, 0.717) is 17.0 Å². The van der Waals surface area contributed by atoms with E-state index in [2.05, 4.69) is 21.2 Å². The summed E-state index contributed by atoms with van der Waals surface area (Å²) in [6.07, 6.45) is 3.74. The van der Waals surface area contributed by atoms with Gasteiger partial charge in [-0.1, -0.05) is 46.3 Å². The lowest BCUT2D eigenvalue weighted by molar-refractivity contribution is 0.0951. The number of amides is 1. The zero-order valence-corrected chi connectivity index (χ0v) is 20.2. The number of sulfone groups is 1. The van der Waals surface area contributed by atoms with Crippen molar-refractivity contribution < 1.29 is 13.2 Å². The van der Waals surface area contributed by atoms with E-state index in [1.54, 1.807) is 32.2 Å². The van der Waals surface area contributed by atoms with E-state index in [-0.39, 0.29) is 5.91 Å². The molecule has 2 aromatic carbocycles. The van der Waals surface area contributed by atoms with Gasteiger partial charge in [0.25, 0.3) is 5.91 Å². The number of rotatable bonds is 6. The van der Waals surface area contributed by atoms with Gasteiger partial charge in [0.05, 0.1) is 15.7 Å². The molecule has 164 valence electrons. The number of nitrogens with one attached hydrogen (secondary N) is 1. The van der Waals surface area contributed by atoms with Crippen molar-refractivity contribution in [1.82, 2.24) is 9.72 Å². The topological polar surface area (TPSA) is 67.7 Å². The van der Waals surface area contributed by atoms with E-state index in [4.69, 9.17) is 0 Å². The van der Waals surface area contributed by atoms with Crippen LogP contribution in [0.3, 0.4) is 0 Å². The number of carbonyl (C=O) groups is 1. The molecule has 0 bridgehead atoms. The van der Waals surface area contributed by atoms with Gasteiger partial charge in [-0.3, -0.25) is 4.79 Å². The minimum atomic E-state index is -3.30. The van der Waals surface area contributed by atoms with Gasteiger partial charge >= 0.3 is 0 Å². The number of halogens is 1. The molecule has 0 spiro atoms. The van der Waals surface area contributed by atoms with E-state index in [1.807, 2.05) is 65.2 Å². The van der Waals surface area contributed by atoms with Gasteiger partial charge in [0, 0.05) is 28.9 Å². The predicted molar refractivity (Wildman–Crippen MR) is 130 cm³/mol. The van der Waals surface area contributed by atoms with E-state index in [0.717, 1.165) is 26.7 Å². The minimum Gasteiger partial charge on any atom is -0.348 e. The Morgan fingerprint density at radius 3 is 2.25 bits per heavy atom. The van der Waals surface area contributed by atoms with Gasteiger partial charge in [-0.2, -0.15) is 0 Å². The summed E-state index contributed by atoms with van der Waals surface area (Å²) in [5, 5.41) is 2.49. The number of nitrogens with zero attached hydrogens (tertiary/aromatic N) is 1. The molecule has 2 aromatic heterocycles. The standard InChI is InChI=1S/C25H23BrN2O3S/c1-17(2)32(30,31)24-11-6-19(7-12-24)20-5-10-23-13-21(16-28(23)15-20)25(29)27-14-18-3-8-22(26)9-4-18/h3-13,15-17H,14H2,1-2H3,(H,27,29). The average Bonchev–Trinajstić information content (AvgIpc) is 3.22. The normalized spacial score (nSPS) is 11.8. The molecular formula is C25H23BrN2O3S. The highest BCUT2D eigenvalue weighted by Crippen LogP contribution is 2.24. The number of carbonyl (C=O) groups excluding carboxylic acids is 1. The van der Waals surface area contributed by atoms with Crippen molar-refractivity contribution in [2.24, 2.45) is 0 Å². The third-order valence-corrected chi connectivity index (χ3v) is 8.06. The van der Waals surface area contributed by atoms with Crippen molar-refractivity contribution >= 4 is 37.2 Å². The molecule has 0 saturated carbocycles. The SMILES string of the molecule is CC(C)S(=O)(=O)c1ccc(-c2ccc3cc(C(=O)NCc4ccc(Br)cc4)cn3c2)cc1. The van der Waals surface area contributed by atoms with E-state index < -0.39 is 15.1 Å². The van der Waals surface area contributed by atoms with Crippen molar-refractivity contribution in [2.75, 3.05) is 0 Å². The van der Waals surface area contributed by atoms with Crippen LogP contribution in [0, 0.1) is 0 Å². The number of pyridine rings is 1. The summed E-state index contributed by atoms with van der Waals surface area (Å²) in [6.45, 7) is 3.81. The lowest BCUT2D eigenvalue weighted by Crippen LogP contribution is -2.22. The van der Waals surface area contributed by atoms with Crippen LogP contribution in [0.1, 0.15) is 29.8 Å². The second kappa shape index (κ2) is 8.92. The third kappa shape index (κ3) is 4.64. The highest BCUT2D eigenvalue weighted by atomic mass is 79.9. The Bertz CT molecular complexity index is 1370. The highest BCUT2D eigenvalue weighted by Gasteiger charge is 2.18. The van der Waals surface area contributed by atoms with Crippen molar-refractivity contribution in [2.45, 2.75) is 30.5 Å². The molecule has 7 heteroatoms. The van der Waals surface area contributed by atoms with E-state index in [9.17, 15) is 13.2 Å². The first-order chi connectivity index (χ1) is 15.2. The van der Waals surface area contributed by atoms with Gasteiger partial charge in [0.15, 0.2) is 9.84 Å². The molecule has 0 aliphatic heterocycles. The Labute approximate surface area is 196 Å². The number of hydrogen-bond donors (Lipinski definition) is 1. The van der Waals surface area contributed by atoms with Crippen LogP contribution in [0.25, 0.3) is 16.6 Å². The number of hydrogen-bond acceptors (Lipinski definition) is 3. The molecule has 5 nitrogen and oxygen atoms in total. The molecule has 4 rings (SSSR count). The zero-order valence-electron chi connectivity index (χ0n) is 17.7. The van der Waals surface area contributed by atoms with Crippen molar-refractivity contribution in [3.63, 3.8) is 0 Å². The van der Waals surface area contributed by atoms with Crippen LogP contribution in [-0.4, -0.2) is 24.0 Å². The molecule has 32 heavy (non-hydrogen) atoms. The lowest BCUT2D eigenvalue weighted by atomic mass is 10.1. The molecule has 0 fully saturated rings. The van der Waals surface area contributed by atoms with Gasteiger partial charge in [0.2, 0.25) is 0 Å². The second-order valence-corrected chi connectivity index (χ2v) is 11.3. The molecule has 1 N–H and O–H groups in total. The number of benzene rings is 2. The van der Waals surface area contributed by atoms with Gasteiger partial charge in [-0.15, -0.1) is 0 Å². The Morgan fingerprint density at radius 1 is 0.938 bits per heavy atom. The maximum atomic E-state index is 12.6. The fourth-order valence-corrected chi connectivity index (χ4v) is 4.72. The van der Waals surface area contributed by atoms with Gasteiger partial charge in [-0.25, -0.2) is 8.42 Å². The molecule has 0 radical (unpaired) electrons. The quantitative estimate of drug-likeness (QED) is 0.373. The fraction of sp³-hybridized carbons (Fsp3) is 0.160. The first-order valence-electron chi connectivity index (χ1n) is 10.2. The summed E-state index contributed by atoms with van der Waals surface area (Å²) in [5.41, 5.74) is 4.35. The summed E-state index contributed by atoms with van der Waals surface area (Å²) < 4.78 is 27.6. The molecule has 1 amide bonds. The summed E-state index contributed by atoms with van der Waals surface area (Å²) >= 11 is 3.41. The van der Waals surface area contributed by atoms with Gasteiger partial charge in [-0.05, 0) is 66.9 Å². The molecule has 2 heterocycles. The molecule has 0 saturated heterocycles. The lowest BCUT2D eigenvalue weighted by Gasteiger charge is -2.09. The molecule has 4 aromatic rings. The van der Waals surface area contributed by atoms with Crippen molar-refractivity contribution in [1.29, 1.82) is 0 Å². The predicted octanol–water partition coefficient (Wildman–Crippen LogP) is 5.48. The van der Waals surface area contributed by atoms with E-state index >= 15 is 0 Å². The first-order valence-corrected chi connectivity index (χ1v) is 12.6. The van der Waals surface area contributed by atoms with Gasteiger partial charge < -0.3 is 9.72 Å². The minimum absolute atomic E-state index is 0.138. The second-order valence-electron chi connectivity index (χ2n) is 7.91. The number of aromatic nitrogens is 1. The largest absolute Gasteiger partial charge is 0.348 e. The molecule has 0 aliphatic rings. The molecule has 0 atom stereocenters. The average molecular weight is 511 g/mol. The molecular weight excluding hydrogens is 488 g/mol. The maximum Gasteiger partial charge on any atom is 0.253 e. The van der Waals surface area contributed by atoms with Crippen LogP contribution in [0.2, 0.25) is 0 Å². The smallest absolute Gasteiger partial charge is 0.253 e. The van der Waals surface area contributed by atoms with Crippen LogP contribution in [0.15, 0.2) is 88.5 Å². The van der Waals surface area contributed by atoms with Crippen LogP contribution >= 0.6 is 15.9 Å². The zero-order chi connectivity index (χ0) is 22.9. The Kier molecular flexibility index (Phi) is 6.22. The Balaban J connectivity index is 1.52. The fourth-order valence-electron chi connectivity index (χ4n) is 3.40. The Hall–Kier alpha value is -2.90. The van der Waals surface area contributed by atoms with Gasteiger partial charge in [0.1, 0.15) is 0 Å². The highest BCUT2D eigenvalue weighted by molar-refractivity contribution is 9.10. The van der Waals surface area contributed by atoms with Crippen molar-refractivity contribution in [3.8, 4) is 11.1 Å². The summed E-state index contributed by atoms with van der Waals surface area (Å²) in [5.74, 6) is -0.138. The summed E-state index contributed by atoms with van der Waals surface area (Å²) in [7, 11) is -3.30. The molecule has 0 aliphatic carbocycles. The Morgan fingerprint density at radius 2 is 1.59 bits per heavy atom. The van der Waals surface area contributed by atoms with Crippen LogP contribution in [-0.2, 0) is 16.4 Å². The molecule has 0 unspecified atom stereocenters. The van der Waals surface area contributed by atoms with Crippen LogP contribution in [0.5, 0.6) is 0 Å². The monoisotopic (exact) mass is 510 g/mol. The summed E-state index contributed by atoms with van der Waals surface area (Å²) in [6, 6.07) is 20.5. The summed E-state index contributed by atoms with van der Waals surface area (Å²) in [4.78, 5) is 12.9. The number of fused-ring (bicyclic) bond motifs is 1. The maximum absolute atomic E-state index is 12.6. The first kappa shape index (κ1) is 22.3. The third-order valence-electron chi connectivity index (χ3n) is 5.36. The van der Waals surface area contributed by atoms with Crippen LogP contribution < -0.4 is 5.32 Å². The van der Waals surface area contributed by atoms with Crippen LogP contribution in [0.4, 0.5) is 0 Å².